The van der Waals surface area contributed by atoms with Crippen LogP contribution in [0.2, 0.25) is 0 Å². The third-order valence-corrected chi connectivity index (χ3v) is 3.66. The van der Waals surface area contributed by atoms with Crippen molar-refractivity contribution < 1.29 is 4.79 Å². The SMILES string of the molecule is CN1CCC[C@@H](NC(=O)c2ccc3[nH]ncc3c2)C1. The molecule has 1 amide bonds. The standard InChI is InChI=1S/C14H18N4O/c1-18-6-2-3-12(9-18)16-14(19)10-4-5-13-11(7-10)8-15-17-13/h4-5,7-8,12H,2-3,6,9H2,1H3,(H,15,17)(H,16,19)/t12-/m1/s1. The van der Waals surface area contributed by atoms with Crippen LogP contribution in [-0.2, 0) is 0 Å². The Morgan fingerprint density at radius 2 is 2.42 bits per heavy atom. The van der Waals surface area contributed by atoms with Crippen molar-refractivity contribution in [1.29, 1.82) is 0 Å². The highest BCUT2D eigenvalue weighted by Crippen LogP contribution is 2.14. The number of H-pyrrole nitrogens is 1. The number of aromatic amines is 1. The predicted octanol–water partition coefficient (Wildman–Crippen LogP) is 1.39. The van der Waals surface area contributed by atoms with E-state index in [0.29, 0.717) is 5.56 Å². The van der Waals surface area contributed by atoms with Gasteiger partial charge in [0.15, 0.2) is 0 Å². The van der Waals surface area contributed by atoms with Crippen LogP contribution in [0.4, 0.5) is 0 Å². The molecule has 2 N–H and O–H groups in total. The molecule has 1 fully saturated rings. The Labute approximate surface area is 112 Å². The second-order valence-corrected chi connectivity index (χ2v) is 5.25. The number of carbonyl (C=O) groups is 1. The summed E-state index contributed by atoms with van der Waals surface area (Å²) in [5, 5.41) is 10.9. The molecule has 0 spiro atoms. The van der Waals surface area contributed by atoms with Crippen LogP contribution in [0.1, 0.15) is 23.2 Å². The molecule has 1 saturated heterocycles. The van der Waals surface area contributed by atoms with Gasteiger partial charge >= 0.3 is 0 Å². The molecule has 0 bridgehead atoms. The van der Waals surface area contributed by atoms with Gasteiger partial charge in [0.2, 0.25) is 0 Å². The first-order valence-corrected chi connectivity index (χ1v) is 6.65. The molecule has 0 unspecified atom stereocenters. The number of amides is 1. The fourth-order valence-corrected chi connectivity index (χ4v) is 2.64. The summed E-state index contributed by atoms with van der Waals surface area (Å²) in [7, 11) is 2.09. The molecular formula is C14H18N4O. The minimum absolute atomic E-state index is 0.00315. The lowest BCUT2D eigenvalue weighted by Gasteiger charge is -2.30. The average Bonchev–Trinajstić information content (AvgIpc) is 2.85. The van der Waals surface area contributed by atoms with E-state index in [0.717, 1.165) is 36.8 Å². The van der Waals surface area contributed by atoms with Gasteiger partial charge in [0.1, 0.15) is 0 Å². The second kappa shape index (κ2) is 5.01. The highest BCUT2D eigenvalue weighted by atomic mass is 16.1. The van der Waals surface area contributed by atoms with E-state index in [-0.39, 0.29) is 11.9 Å². The Bertz CT molecular complexity index is 592. The Balaban J connectivity index is 1.72. The summed E-state index contributed by atoms with van der Waals surface area (Å²) in [6.45, 7) is 2.05. The molecule has 100 valence electrons. The lowest BCUT2D eigenvalue weighted by molar-refractivity contribution is 0.0912. The number of nitrogens with one attached hydrogen (secondary N) is 2. The Morgan fingerprint density at radius 3 is 3.26 bits per heavy atom. The number of nitrogens with zero attached hydrogens (tertiary/aromatic N) is 2. The molecule has 5 heteroatoms. The van der Waals surface area contributed by atoms with Crippen molar-refractivity contribution >= 4 is 16.8 Å². The largest absolute Gasteiger partial charge is 0.348 e. The predicted molar refractivity (Wildman–Crippen MR) is 74.1 cm³/mol. The molecule has 19 heavy (non-hydrogen) atoms. The lowest BCUT2D eigenvalue weighted by Crippen LogP contribution is -2.46. The minimum Gasteiger partial charge on any atom is -0.348 e. The Kier molecular flexibility index (Phi) is 3.21. The summed E-state index contributed by atoms with van der Waals surface area (Å²) in [5.74, 6) is 0.00315. The van der Waals surface area contributed by atoms with Crippen LogP contribution in [-0.4, -0.2) is 47.2 Å². The zero-order chi connectivity index (χ0) is 13.2. The maximum absolute atomic E-state index is 12.2. The smallest absolute Gasteiger partial charge is 0.251 e. The molecule has 1 atom stereocenters. The van der Waals surface area contributed by atoms with Crippen LogP contribution in [0, 0.1) is 0 Å². The molecule has 3 rings (SSSR count). The first-order valence-electron chi connectivity index (χ1n) is 6.65. The number of hydrogen-bond donors (Lipinski definition) is 2. The van der Waals surface area contributed by atoms with E-state index in [9.17, 15) is 4.79 Å². The topological polar surface area (TPSA) is 61.0 Å². The van der Waals surface area contributed by atoms with Gasteiger partial charge < -0.3 is 10.2 Å². The number of benzene rings is 1. The monoisotopic (exact) mass is 258 g/mol. The van der Waals surface area contributed by atoms with Crippen LogP contribution in [0.3, 0.4) is 0 Å². The van der Waals surface area contributed by atoms with Gasteiger partial charge in [0.25, 0.3) is 5.91 Å². The van der Waals surface area contributed by atoms with E-state index in [1.807, 2.05) is 18.2 Å². The number of likely N-dealkylation sites (N-methyl/N-ethyl adjacent to an activating group) is 1. The summed E-state index contributed by atoms with van der Waals surface area (Å²) in [5.41, 5.74) is 1.65. The van der Waals surface area contributed by atoms with Crippen molar-refractivity contribution in [1.82, 2.24) is 20.4 Å². The fourth-order valence-electron chi connectivity index (χ4n) is 2.64. The maximum Gasteiger partial charge on any atom is 0.251 e. The summed E-state index contributed by atoms with van der Waals surface area (Å²) in [6.07, 6.45) is 3.94. The van der Waals surface area contributed by atoms with E-state index in [1.165, 1.54) is 0 Å². The Hall–Kier alpha value is -1.88. The summed E-state index contributed by atoms with van der Waals surface area (Å²) in [6, 6.07) is 5.86. The zero-order valence-corrected chi connectivity index (χ0v) is 11.0. The quantitative estimate of drug-likeness (QED) is 0.855. The van der Waals surface area contributed by atoms with Crippen molar-refractivity contribution in [3.8, 4) is 0 Å². The first-order chi connectivity index (χ1) is 9.22. The molecule has 0 radical (unpaired) electrons. The summed E-state index contributed by atoms with van der Waals surface area (Å²) < 4.78 is 0. The molecule has 2 heterocycles. The molecule has 0 saturated carbocycles. The highest BCUT2D eigenvalue weighted by molar-refractivity contribution is 5.98. The van der Waals surface area contributed by atoms with Gasteiger partial charge in [0.05, 0.1) is 11.7 Å². The minimum atomic E-state index is 0.00315. The van der Waals surface area contributed by atoms with Gasteiger partial charge in [-0.3, -0.25) is 9.89 Å². The molecule has 5 nitrogen and oxygen atoms in total. The van der Waals surface area contributed by atoms with Gasteiger partial charge in [-0.15, -0.1) is 0 Å². The molecule has 1 aliphatic rings. The number of fused-ring (bicyclic) bond motifs is 1. The van der Waals surface area contributed by atoms with Gasteiger partial charge in [0, 0.05) is 23.5 Å². The summed E-state index contributed by atoms with van der Waals surface area (Å²) >= 11 is 0. The Morgan fingerprint density at radius 1 is 1.53 bits per heavy atom. The molecule has 2 aromatic rings. The van der Waals surface area contributed by atoms with Crippen LogP contribution >= 0.6 is 0 Å². The number of rotatable bonds is 2. The van der Waals surface area contributed by atoms with E-state index in [4.69, 9.17) is 0 Å². The number of piperidine rings is 1. The van der Waals surface area contributed by atoms with E-state index >= 15 is 0 Å². The normalized spacial score (nSPS) is 20.6. The van der Waals surface area contributed by atoms with Crippen molar-refractivity contribution in [2.45, 2.75) is 18.9 Å². The first kappa shape index (κ1) is 12.2. The summed E-state index contributed by atoms with van der Waals surface area (Å²) in [4.78, 5) is 14.5. The van der Waals surface area contributed by atoms with Crippen molar-refractivity contribution in [3.63, 3.8) is 0 Å². The molecule has 0 aliphatic carbocycles. The number of carbonyl (C=O) groups excluding carboxylic acids is 1. The molecular weight excluding hydrogens is 240 g/mol. The zero-order valence-electron chi connectivity index (χ0n) is 11.0. The van der Waals surface area contributed by atoms with Crippen LogP contribution in [0.15, 0.2) is 24.4 Å². The van der Waals surface area contributed by atoms with Crippen LogP contribution in [0.25, 0.3) is 10.9 Å². The number of hydrogen-bond acceptors (Lipinski definition) is 3. The molecule has 1 aromatic heterocycles. The maximum atomic E-state index is 12.2. The number of aromatic nitrogens is 2. The second-order valence-electron chi connectivity index (χ2n) is 5.25. The van der Waals surface area contributed by atoms with Gasteiger partial charge in [-0.1, -0.05) is 0 Å². The third-order valence-electron chi connectivity index (χ3n) is 3.66. The van der Waals surface area contributed by atoms with Crippen LogP contribution in [0.5, 0.6) is 0 Å². The molecule has 1 aromatic carbocycles. The van der Waals surface area contributed by atoms with Gasteiger partial charge in [-0.25, -0.2) is 0 Å². The van der Waals surface area contributed by atoms with Crippen molar-refractivity contribution in [2.75, 3.05) is 20.1 Å². The third kappa shape index (κ3) is 2.61. The number of likely N-dealkylation sites (tertiary alicyclic amines) is 1. The highest BCUT2D eigenvalue weighted by Gasteiger charge is 2.19. The van der Waals surface area contributed by atoms with E-state index < -0.39 is 0 Å². The fraction of sp³-hybridized carbons (Fsp3) is 0.429. The lowest BCUT2D eigenvalue weighted by atomic mass is 10.1. The van der Waals surface area contributed by atoms with Crippen LogP contribution < -0.4 is 5.32 Å². The van der Waals surface area contributed by atoms with E-state index in [2.05, 4.69) is 27.5 Å². The molecule has 1 aliphatic heterocycles. The van der Waals surface area contributed by atoms with Crippen molar-refractivity contribution in [3.05, 3.63) is 30.0 Å². The van der Waals surface area contributed by atoms with Gasteiger partial charge in [-0.05, 0) is 44.6 Å². The average molecular weight is 258 g/mol. The van der Waals surface area contributed by atoms with E-state index in [1.54, 1.807) is 6.20 Å². The van der Waals surface area contributed by atoms with Crippen molar-refractivity contribution in [2.24, 2.45) is 0 Å². The van der Waals surface area contributed by atoms with Gasteiger partial charge in [-0.2, -0.15) is 5.10 Å².